The van der Waals surface area contributed by atoms with Crippen molar-refractivity contribution in [3.8, 4) is 11.5 Å². The lowest BCUT2D eigenvalue weighted by molar-refractivity contribution is -0.119. The van der Waals surface area contributed by atoms with Crippen LogP contribution < -0.4 is 15.8 Å². The standard InChI is InChI=1S/C19H22N2O2.ClH/c1-13-6-10-16(11-7-13)23-18-5-3-2-4-17(18)21-19(22)14-8-9-15(20)12-14;/h2-7,10-11,14-15H,8-9,12,20H2,1H3,(H,21,22);1H. The van der Waals surface area contributed by atoms with Crippen LogP contribution in [0.3, 0.4) is 0 Å². The second-order valence-corrected chi connectivity index (χ2v) is 6.17. The fraction of sp³-hybridized carbons (Fsp3) is 0.316. The van der Waals surface area contributed by atoms with Crippen molar-refractivity contribution in [3.63, 3.8) is 0 Å². The summed E-state index contributed by atoms with van der Waals surface area (Å²) in [7, 11) is 0. The van der Waals surface area contributed by atoms with Crippen LogP contribution in [0.2, 0.25) is 0 Å². The molecule has 2 unspecified atom stereocenters. The normalized spacial score (nSPS) is 19.4. The van der Waals surface area contributed by atoms with Gasteiger partial charge in [-0.1, -0.05) is 29.8 Å². The molecule has 0 aliphatic heterocycles. The van der Waals surface area contributed by atoms with Gasteiger partial charge in [0.1, 0.15) is 5.75 Å². The summed E-state index contributed by atoms with van der Waals surface area (Å²) in [6, 6.07) is 15.5. The number of rotatable bonds is 4. The van der Waals surface area contributed by atoms with Crippen molar-refractivity contribution in [3.05, 3.63) is 54.1 Å². The zero-order chi connectivity index (χ0) is 16.2. The lowest BCUT2D eigenvalue weighted by Gasteiger charge is -2.15. The number of hydrogen-bond donors (Lipinski definition) is 2. The molecule has 0 saturated heterocycles. The Morgan fingerprint density at radius 3 is 2.50 bits per heavy atom. The molecule has 1 amide bonds. The SMILES string of the molecule is Cc1ccc(Oc2ccccc2NC(=O)C2CCC(N)C2)cc1.Cl. The van der Waals surface area contributed by atoms with Crippen molar-refractivity contribution in [1.29, 1.82) is 0 Å². The van der Waals surface area contributed by atoms with E-state index in [-0.39, 0.29) is 30.3 Å². The summed E-state index contributed by atoms with van der Waals surface area (Å²) < 4.78 is 5.91. The summed E-state index contributed by atoms with van der Waals surface area (Å²) in [5, 5.41) is 2.99. The highest BCUT2D eigenvalue weighted by Crippen LogP contribution is 2.31. The molecule has 0 heterocycles. The highest BCUT2D eigenvalue weighted by atomic mass is 35.5. The van der Waals surface area contributed by atoms with Gasteiger partial charge in [-0.05, 0) is 50.5 Å². The number of hydrogen-bond acceptors (Lipinski definition) is 3. The summed E-state index contributed by atoms with van der Waals surface area (Å²) in [4.78, 5) is 12.4. The number of carbonyl (C=O) groups is 1. The van der Waals surface area contributed by atoms with E-state index in [1.165, 1.54) is 5.56 Å². The van der Waals surface area contributed by atoms with Crippen molar-refractivity contribution in [2.24, 2.45) is 11.7 Å². The molecule has 4 nitrogen and oxygen atoms in total. The molecule has 1 fully saturated rings. The van der Waals surface area contributed by atoms with Crippen LogP contribution in [0.5, 0.6) is 11.5 Å². The van der Waals surface area contributed by atoms with E-state index in [1.54, 1.807) is 0 Å². The number of benzene rings is 2. The van der Waals surface area contributed by atoms with Crippen LogP contribution >= 0.6 is 12.4 Å². The van der Waals surface area contributed by atoms with Crippen molar-refractivity contribution < 1.29 is 9.53 Å². The molecular formula is C19H23ClN2O2. The maximum Gasteiger partial charge on any atom is 0.227 e. The highest BCUT2D eigenvalue weighted by Gasteiger charge is 2.28. The number of aryl methyl sites for hydroxylation is 1. The first kappa shape index (κ1) is 18.3. The van der Waals surface area contributed by atoms with Gasteiger partial charge in [-0.25, -0.2) is 0 Å². The minimum atomic E-state index is -0.00238. The second-order valence-electron chi connectivity index (χ2n) is 6.17. The Morgan fingerprint density at radius 1 is 1.12 bits per heavy atom. The smallest absolute Gasteiger partial charge is 0.227 e. The molecule has 2 aromatic carbocycles. The third-order valence-electron chi connectivity index (χ3n) is 4.24. The molecule has 0 spiro atoms. The Morgan fingerprint density at radius 2 is 1.83 bits per heavy atom. The van der Waals surface area contributed by atoms with E-state index in [4.69, 9.17) is 10.5 Å². The molecule has 128 valence electrons. The first-order valence-electron chi connectivity index (χ1n) is 8.02. The van der Waals surface area contributed by atoms with Crippen LogP contribution in [-0.2, 0) is 4.79 Å². The number of nitrogens with one attached hydrogen (secondary N) is 1. The third kappa shape index (κ3) is 4.49. The second kappa shape index (κ2) is 8.18. The molecule has 2 atom stereocenters. The van der Waals surface area contributed by atoms with Crippen molar-refractivity contribution in [1.82, 2.24) is 0 Å². The monoisotopic (exact) mass is 346 g/mol. The minimum Gasteiger partial charge on any atom is -0.455 e. The number of carbonyl (C=O) groups excluding carboxylic acids is 1. The average molecular weight is 347 g/mol. The molecule has 0 aromatic heterocycles. The molecule has 1 aliphatic carbocycles. The molecule has 2 aromatic rings. The summed E-state index contributed by atoms with van der Waals surface area (Å²) >= 11 is 0. The Labute approximate surface area is 148 Å². The van der Waals surface area contributed by atoms with Gasteiger partial charge in [0.2, 0.25) is 5.91 Å². The number of halogens is 1. The Bertz CT molecular complexity index is 688. The lowest BCUT2D eigenvalue weighted by Crippen LogP contribution is -2.23. The number of ether oxygens (including phenoxy) is 1. The number of nitrogens with two attached hydrogens (primary N) is 1. The predicted molar refractivity (Wildman–Crippen MR) is 98.9 cm³/mol. The maximum absolute atomic E-state index is 12.4. The number of para-hydroxylation sites is 2. The molecule has 0 radical (unpaired) electrons. The molecule has 5 heteroatoms. The molecule has 3 rings (SSSR count). The predicted octanol–water partition coefficient (Wildman–Crippen LogP) is 4.28. The van der Waals surface area contributed by atoms with E-state index in [2.05, 4.69) is 5.32 Å². The van der Waals surface area contributed by atoms with E-state index < -0.39 is 0 Å². The van der Waals surface area contributed by atoms with E-state index in [1.807, 2.05) is 55.5 Å². The molecular weight excluding hydrogens is 324 g/mol. The van der Waals surface area contributed by atoms with Gasteiger partial charge in [-0.3, -0.25) is 4.79 Å². The van der Waals surface area contributed by atoms with E-state index in [0.29, 0.717) is 11.4 Å². The summed E-state index contributed by atoms with van der Waals surface area (Å²) in [5.41, 5.74) is 7.77. The van der Waals surface area contributed by atoms with Crippen LogP contribution in [0.25, 0.3) is 0 Å². The van der Waals surface area contributed by atoms with Crippen LogP contribution in [0.15, 0.2) is 48.5 Å². The van der Waals surface area contributed by atoms with Gasteiger partial charge in [0, 0.05) is 12.0 Å². The minimum absolute atomic E-state index is 0. The Kier molecular flexibility index (Phi) is 6.23. The van der Waals surface area contributed by atoms with Gasteiger partial charge in [0.25, 0.3) is 0 Å². The van der Waals surface area contributed by atoms with E-state index >= 15 is 0 Å². The average Bonchev–Trinajstić information content (AvgIpc) is 2.98. The van der Waals surface area contributed by atoms with Gasteiger partial charge >= 0.3 is 0 Å². The Hall–Kier alpha value is -2.04. The third-order valence-corrected chi connectivity index (χ3v) is 4.24. The fourth-order valence-corrected chi connectivity index (χ4v) is 2.88. The Balaban J connectivity index is 0.00000208. The molecule has 0 bridgehead atoms. The summed E-state index contributed by atoms with van der Waals surface area (Å²) in [6.45, 7) is 2.03. The van der Waals surface area contributed by atoms with Gasteiger partial charge in [-0.15, -0.1) is 12.4 Å². The van der Waals surface area contributed by atoms with Crippen LogP contribution in [0.1, 0.15) is 24.8 Å². The van der Waals surface area contributed by atoms with Gasteiger partial charge in [-0.2, -0.15) is 0 Å². The largest absolute Gasteiger partial charge is 0.455 e. The van der Waals surface area contributed by atoms with Crippen molar-refractivity contribution in [2.75, 3.05) is 5.32 Å². The number of amides is 1. The van der Waals surface area contributed by atoms with Crippen molar-refractivity contribution in [2.45, 2.75) is 32.2 Å². The number of anilines is 1. The van der Waals surface area contributed by atoms with Crippen LogP contribution in [0.4, 0.5) is 5.69 Å². The van der Waals surface area contributed by atoms with E-state index in [0.717, 1.165) is 25.0 Å². The van der Waals surface area contributed by atoms with Crippen LogP contribution in [-0.4, -0.2) is 11.9 Å². The topological polar surface area (TPSA) is 64.3 Å². The first-order chi connectivity index (χ1) is 11.1. The molecule has 24 heavy (non-hydrogen) atoms. The van der Waals surface area contributed by atoms with Gasteiger partial charge < -0.3 is 15.8 Å². The summed E-state index contributed by atoms with van der Waals surface area (Å²) in [6.07, 6.45) is 2.53. The fourth-order valence-electron chi connectivity index (χ4n) is 2.88. The van der Waals surface area contributed by atoms with Gasteiger partial charge in [0.05, 0.1) is 5.69 Å². The first-order valence-corrected chi connectivity index (χ1v) is 8.02. The zero-order valence-electron chi connectivity index (χ0n) is 13.7. The zero-order valence-corrected chi connectivity index (χ0v) is 14.5. The quantitative estimate of drug-likeness (QED) is 0.868. The molecule has 1 saturated carbocycles. The van der Waals surface area contributed by atoms with E-state index in [9.17, 15) is 4.79 Å². The highest BCUT2D eigenvalue weighted by molar-refractivity contribution is 5.94. The summed E-state index contributed by atoms with van der Waals surface area (Å²) in [5.74, 6) is 1.42. The van der Waals surface area contributed by atoms with Gasteiger partial charge in [0.15, 0.2) is 5.75 Å². The van der Waals surface area contributed by atoms with Crippen molar-refractivity contribution >= 4 is 24.0 Å². The lowest BCUT2D eigenvalue weighted by atomic mass is 10.1. The maximum atomic E-state index is 12.4. The molecule has 1 aliphatic rings. The van der Waals surface area contributed by atoms with Crippen LogP contribution in [0, 0.1) is 12.8 Å². The molecule has 3 N–H and O–H groups in total.